The Hall–Kier alpha value is -0.110. The van der Waals surface area contributed by atoms with Crippen LogP contribution in [0.3, 0.4) is 0 Å². The minimum absolute atomic E-state index is 0.0500. The Labute approximate surface area is 101 Å². The molecule has 0 heterocycles. The first-order valence-corrected chi connectivity index (χ1v) is 6.83. The highest BCUT2D eigenvalue weighted by Crippen LogP contribution is 2.36. The summed E-state index contributed by atoms with van der Waals surface area (Å²) in [6, 6.07) is 0. The zero-order valence-electron chi connectivity index (χ0n) is 11.6. The van der Waals surface area contributed by atoms with Crippen LogP contribution in [0.4, 0.5) is 4.39 Å². The van der Waals surface area contributed by atoms with Crippen molar-refractivity contribution in [3.63, 3.8) is 0 Å². The molecule has 0 saturated heterocycles. The quantitative estimate of drug-likeness (QED) is 0.629. The largest absolute Gasteiger partial charge is 0.330 e. The molecular weight excluding hydrogens is 201 g/mol. The van der Waals surface area contributed by atoms with Gasteiger partial charge in [-0.25, -0.2) is 4.39 Å². The summed E-state index contributed by atoms with van der Waals surface area (Å²) in [6.07, 6.45) is 5.00. The molecule has 0 aliphatic heterocycles. The molecule has 0 aliphatic carbocycles. The van der Waals surface area contributed by atoms with Crippen LogP contribution in [-0.2, 0) is 0 Å². The molecule has 16 heavy (non-hydrogen) atoms. The predicted molar refractivity (Wildman–Crippen MR) is 70.3 cm³/mol. The first kappa shape index (κ1) is 15.9. The predicted octanol–water partition coefficient (Wildman–Crippen LogP) is 4.31. The van der Waals surface area contributed by atoms with Gasteiger partial charge >= 0.3 is 0 Å². The third-order valence-electron chi connectivity index (χ3n) is 3.56. The molecule has 2 N–H and O–H groups in total. The second kappa shape index (κ2) is 8.05. The van der Waals surface area contributed by atoms with Crippen LogP contribution in [0.1, 0.15) is 66.2 Å². The fourth-order valence-corrected chi connectivity index (χ4v) is 2.36. The lowest BCUT2D eigenvalue weighted by molar-refractivity contribution is 0.143. The van der Waals surface area contributed by atoms with Crippen LogP contribution >= 0.6 is 0 Å². The highest BCUT2D eigenvalue weighted by Gasteiger charge is 2.30. The van der Waals surface area contributed by atoms with Crippen LogP contribution in [0.2, 0.25) is 0 Å². The third kappa shape index (κ3) is 5.83. The van der Waals surface area contributed by atoms with E-state index in [1.54, 1.807) is 0 Å². The molecular formula is C14H30FN. The molecule has 0 saturated carbocycles. The van der Waals surface area contributed by atoms with Gasteiger partial charge in [0, 0.05) is 0 Å². The van der Waals surface area contributed by atoms with Crippen LogP contribution in [0, 0.1) is 11.3 Å². The zero-order chi connectivity index (χ0) is 12.6. The van der Waals surface area contributed by atoms with E-state index in [-0.39, 0.29) is 5.41 Å². The minimum atomic E-state index is -0.678. The first-order chi connectivity index (χ1) is 7.49. The van der Waals surface area contributed by atoms with Gasteiger partial charge < -0.3 is 5.73 Å². The van der Waals surface area contributed by atoms with Crippen molar-refractivity contribution in [3.8, 4) is 0 Å². The summed E-state index contributed by atoms with van der Waals surface area (Å²) in [5.41, 5.74) is 5.97. The number of hydrogen-bond donors (Lipinski definition) is 1. The van der Waals surface area contributed by atoms with E-state index in [2.05, 4.69) is 20.8 Å². The van der Waals surface area contributed by atoms with Gasteiger partial charge in [0.15, 0.2) is 0 Å². The molecule has 0 fully saturated rings. The Kier molecular flexibility index (Phi) is 8.00. The third-order valence-corrected chi connectivity index (χ3v) is 3.56. The molecule has 1 nitrogen and oxygen atoms in total. The second-order valence-electron chi connectivity index (χ2n) is 5.60. The Morgan fingerprint density at radius 3 is 2.19 bits per heavy atom. The highest BCUT2D eigenvalue weighted by molar-refractivity contribution is 4.83. The summed E-state index contributed by atoms with van der Waals surface area (Å²) in [5, 5.41) is 0. The lowest BCUT2D eigenvalue weighted by Gasteiger charge is -2.34. The van der Waals surface area contributed by atoms with Gasteiger partial charge in [-0.2, -0.15) is 0 Å². The van der Waals surface area contributed by atoms with Crippen molar-refractivity contribution in [1.82, 2.24) is 0 Å². The normalized spacial score (nSPS) is 17.4. The minimum Gasteiger partial charge on any atom is -0.330 e. The van der Waals surface area contributed by atoms with Crippen LogP contribution in [0.15, 0.2) is 0 Å². The van der Waals surface area contributed by atoms with E-state index in [4.69, 9.17) is 5.73 Å². The van der Waals surface area contributed by atoms with E-state index >= 15 is 0 Å². The summed E-state index contributed by atoms with van der Waals surface area (Å²) in [7, 11) is 0. The molecule has 98 valence electrons. The van der Waals surface area contributed by atoms with Crippen LogP contribution < -0.4 is 5.73 Å². The molecule has 0 bridgehead atoms. The highest BCUT2D eigenvalue weighted by atomic mass is 19.1. The van der Waals surface area contributed by atoms with E-state index in [0.717, 1.165) is 25.7 Å². The van der Waals surface area contributed by atoms with Gasteiger partial charge in [-0.1, -0.05) is 40.5 Å². The molecule has 0 amide bonds. The summed E-state index contributed by atoms with van der Waals surface area (Å²) in [5.74, 6) is 0.683. The average Bonchev–Trinajstić information content (AvgIpc) is 2.26. The SMILES string of the molecule is CCCC(CN)(CCC(C)C)CC(F)CC. The molecule has 0 aromatic heterocycles. The van der Waals surface area contributed by atoms with Crippen molar-refractivity contribution in [2.75, 3.05) is 6.54 Å². The van der Waals surface area contributed by atoms with Gasteiger partial charge in [-0.15, -0.1) is 0 Å². The number of hydrogen-bond acceptors (Lipinski definition) is 1. The zero-order valence-corrected chi connectivity index (χ0v) is 11.6. The van der Waals surface area contributed by atoms with E-state index < -0.39 is 6.17 Å². The Bertz CT molecular complexity index is 170. The van der Waals surface area contributed by atoms with Crippen molar-refractivity contribution in [2.45, 2.75) is 72.4 Å². The standard InChI is InChI=1S/C14H30FN/c1-5-8-14(11-16,9-7-12(3)4)10-13(15)6-2/h12-13H,5-11,16H2,1-4H3. The molecule has 2 heteroatoms. The molecule has 0 aromatic rings. The molecule has 2 unspecified atom stereocenters. The van der Waals surface area contributed by atoms with Gasteiger partial charge in [-0.05, 0) is 43.6 Å². The van der Waals surface area contributed by atoms with Gasteiger partial charge in [-0.3, -0.25) is 0 Å². The van der Waals surface area contributed by atoms with Crippen molar-refractivity contribution in [2.24, 2.45) is 17.1 Å². The topological polar surface area (TPSA) is 26.0 Å². The average molecular weight is 231 g/mol. The Morgan fingerprint density at radius 2 is 1.81 bits per heavy atom. The van der Waals surface area contributed by atoms with Gasteiger partial charge in [0.05, 0.1) is 0 Å². The summed E-state index contributed by atoms with van der Waals surface area (Å²) >= 11 is 0. The van der Waals surface area contributed by atoms with E-state index in [9.17, 15) is 4.39 Å². The summed E-state index contributed by atoms with van der Waals surface area (Å²) < 4.78 is 13.6. The van der Waals surface area contributed by atoms with Crippen LogP contribution in [-0.4, -0.2) is 12.7 Å². The van der Waals surface area contributed by atoms with E-state index in [0.29, 0.717) is 25.3 Å². The molecule has 0 spiro atoms. The van der Waals surface area contributed by atoms with Crippen molar-refractivity contribution in [1.29, 1.82) is 0 Å². The fourth-order valence-electron chi connectivity index (χ4n) is 2.36. The summed E-state index contributed by atoms with van der Waals surface area (Å²) in [6.45, 7) is 9.16. The monoisotopic (exact) mass is 231 g/mol. The first-order valence-electron chi connectivity index (χ1n) is 6.83. The lowest BCUT2D eigenvalue weighted by atomic mass is 9.73. The van der Waals surface area contributed by atoms with Crippen LogP contribution in [0.25, 0.3) is 0 Å². The van der Waals surface area contributed by atoms with Gasteiger partial charge in [0.2, 0.25) is 0 Å². The number of halogens is 1. The number of rotatable bonds is 9. The van der Waals surface area contributed by atoms with E-state index in [1.807, 2.05) is 6.92 Å². The maximum Gasteiger partial charge on any atom is 0.100 e. The molecule has 2 atom stereocenters. The van der Waals surface area contributed by atoms with Gasteiger partial charge in [0.1, 0.15) is 6.17 Å². The Balaban J connectivity index is 4.43. The maximum absolute atomic E-state index is 13.6. The molecule has 0 radical (unpaired) electrons. The molecule has 0 aliphatic rings. The van der Waals surface area contributed by atoms with E-state index in [1.165, 1.54) is 0 Å². The summed E-state index contributed by atoms with van der Waals surface area (Å²) in [4.78, 5) is 0. The molecule has 0 rings (SSSR count). The Morgan fingerprint density at radius 1 is 1.19 bits per heavy atom. The number of alkyl halides is 1. The van der Waals surface area contributed by atoms with Crippen molar-refractivity contribution >= 4 is 0 Å². The smallest absolute Gasteiger partial charge is 0.100 e. The number of nitrogens with two attached hydrogens (primary N) is 1. The van der Waals surface area contributed by atoms with Crippen molar-refractivity contribution in [3.05, 3.63) is 0 Å². The second-order valence-corrected chi connectivity index (χ2v) is 5.60. The lowest BCUT2D eigenvalue weighted by Crippen LogP contribution is -2.33. The fraction of sp³-hybridized carbons (Fsp3) is 1.00. The maximum atomic E-state index is 13.6. The van der Waals surface area contributed by atoms with Gasteiger partial charge in [0.25, 0.3) is 0 Å². The van der Waals surface area contributed by atoms with Crippen LogP contribution in [0.5, 0.6) is 0 Å². The molecule has 0 aromatic carbocycles. The van der Waals surface area contributed by atoms with Crippen molar-refractivity contribution < 1.29 is 4.39 Å².